The molecule has 1 aromatic carbocycles. The summed E-state index contributed by atoms with van der Waals surface area (Å²) in [6.45, 7) is 3.29. The van der Waals surface area contributed by atoms with Crippen LogP contribution in [0.4, 0.5) is 0 Å². The van der Waals surface area contributed by atoms with E-state index >= 15 is 0 Å². The maximum Gasteiger partial charge on any atom is 0.315 e. The van der Waals surface area contributed by atoms with E-state index in [9.17, 15) is 4.79 Å². The Hall–Kier alpha value is -1.35. The molecule has 0 radical (unpaired) electrons. The number of esters is 1. The first kappa shape index (κ1) is 13.1. The van der Waals surface area contributed by atoms with Crippen LogP contribution < -0.4 is 5.32 Å². The summed E-state index contributed by atoms with van der Waals surface area (Å²) >= 11 is 0. The minimum Gasteiger partial charge on any atom is -0.465 e. The standard InChI is InChI=1S/C15H21NO2/c1-2-18-15(17)14(12-8-4-3-5-9-12)13-10-6-7-11-16-13/h3-5,8-9,13-14,16H,2,6-7,10-11H2,1H3/t13-,14-/m1/s1. The minimum atomic E-state index is -0.175. The van der Waals surface area contributed by atoms with E-state index in [1.165, 1.54) is 12.8 Å². The highest BCUT2D eigenvalue weighted by atomic mass is 16.5. The van der Waals surface area contributed by atoms with E-state index in [0.717, 1.165) is 18.5 Å². The minimum absolute atomic E-state index is 0.108. The Kier molecular flexibility index (Phi) is 4.76. The predicted octanol–water partition coefficient (Wildman–Crippen LogP) is 2.48. The highest BCUT2D eigenvalue weighted by molar-refractivity contribution is 5.79. The van der Waals surface area contributed by atoms with Gasteiger partial charge >= 0.3 is 5.97 Å². The van der Waals surface area contributed by atoms with Crippen LogP contribution in [0.5, 0.6) is 0 Å². The molecule has 1 heterocycles. The third-order valence-electron chi connectivity index (χ3n) is 3.45. The molecular weight excluding hydrogens is 226 g/mol. The van der Waals surface area contributed by atoms with Gasteiger partial charge < -0.3 is 10.1 Å². The van der Waals surface area contributed by atoms with E-state index in [2.05, 4.69) is 5.32 Å². The predicted molar refractivity (Wildman–Crippen MR) is 71.5 cm³/mol. The monoisotopic (exact) mass is 247 g/mol. The fraction of sp³-hybridized carbons (Fsp3) is 0.533. The van der Waals surface area contributed by atoms with Gasteiger partial charge in [0, 0.05) is 6.04 Å². The van der Waals surface area contributed by atoms with Crippen LogP contribution in [0.2, 0.25) is 0 Å². The Bertz CT molecular complexity index is 371. The molecule has 1 aromatic rings. The van der Waals surface area contributed by atoms with Crippen LogP contribution in [0, 0.1) is 0 Å². The molecule has 2 rings (SSSR count). The Balaban J connectivity index is 2.19. The van der Waals surface area contributed by atoms with Gasteiger partial charge in [-0.3, -0.25) is 4.79 Å². The van der Waals surface area contributed by atoms with Gasteiger partial charge in [0.15, 0.2) is 0 Å². The molecule has 0 spiro atoms. The average molecular weight is 247 g/mol. The molecule has 1 N–H and O–H groups in total. The van der Waals surface area contributed by atoms with Crippen molar-refractivity contribution in [2.24, 2.45) is 0 Å². The Morgan fingerprint density at radius 3 is 2.78 bits per heavy atom. The molecule has 3 nitrogen and oxygen atoms in total. The fourth-order valence-corrected chi connectivity index (χ4v) is 2.59. The number of ether oxygens (including phenoxy) is 1. The van der Waals surface area contributed by atoms with Crippen LogP contribution in [0.15, 0.2) is 30.3 Å². The van der Waals surface area contributed by atoms with Crippen LogP contribution >= 0.6 is 0 Å². The smallest absolute Gasteiger partial charge is 0.315 e. The van der Waals surface area contributed by atoms with Crippen molar-refractivity contribution in [1.29, 1.82) is 0 Å². The maximum absolute atomic E-state index is 12.2. The van der Waals surface area contributed by atoms with Crippen molar-refractivity contribution >= 4 is 5.97 Å². The second-order valence-electron chi connectivity index (χ2n) is 4.70. The molecule has 0 aromatic heterocycles. The number of rotatable bonds is 4. The molecule has 2 atom stereocenters. The first-order chi connectivity index (χ1) is 8.83. The van der Waals surface area contributed by atoms with Gasteiger partial charge in [-0.1, -0.05) is 36.8 Å². The lowest BCUT2D eigenvalue weighted by atomic mass is 9.86. The molecular formula is C15H21NO2. The zero-order chi connectivity index (χ0) is 12.8. The van der Waals surface area contributed by atoms with Crippen molar-refractivity contribution in [3.05, 3.63) is 35.9 Å². The molecule has 18 heavy (non-hydrogen) atoms. The number of benzene rings is 1. The summed E-state index contributed by atoms with van der Waals surface area (Å²) in [5.74, 6) is -0.283. The van der Waals surface area contributed by atoms with Crippen LogP contribution in [0.1, 0.15) is 37.7 Å². The van der Waals surface area contributed by atoms with Gasteiger partial charge in [-0.2, -0.15) is 0 Å². The zero-order valence-corrected chi connectivity index (χ0v) is 10.9. The Morgan fingerprint density at radius 1 is 1.39 bits per heavy atom. The summed E-state index contributed by atoms with van der Waals surface area (Å²) < 4.78 is 5.23. The van der Waals surface area contributed by atoms with E-state index in [0.29, 0.717) is 6.61 Å². The number of carbonyl (C=O) groups is 1. The van der Waals surface area contributed by atoms with Crippen LogP contribution in [-0.2, 0) is 9.53 Å². The first-order valence-electron chi connectivity index (χ1n) is 6.78. The molecule has 1 saturated heterocycles. The van der Waals surface area contributed by atoms with E-state index < -0.39 is 0 Å². The second kappa shape index (κ2) is 6.55. The summed E-state index contributed by atoms with van der Waals surface area (Å²) in [5, 5.41) is 3.46. The summed E-state index contributed by atoms with van der Waals surface area (Å²) in [4.78, 5) is 12.2. The number of hydrogen-bond donors (Lipinski definition) is 1. The highest BCUT2D eigenvalue weighted by Crippen LogP contribution is 2.26. The third-order valence-corrected chi connectivity index (χ3v) is 3.45. The quantitative estimate of drug-likeness (QED) is 0.831. The van der Waals surface area contributed by atoms with Crippen molar-refractivity contribution < 1.29 is 9.53 Å². The molecule has 1 aliphatic heterocycles. The van der Waals surface area contributed by atoms with Crippen molar-refractivity contribution in [1.82, 2.24) is 5.32 Å². The lowest BCUT2D eigenvalue weighted by molar-refractivity contribution is -0.145. The number of hydrogen-bond acceptors (Lipinski definition) is 3. The average Bonchev–Trinajstić information content (AvgIpc) is 2.42. The summed E-state index contributed by atoms with van der Waals surface area (Å²) in [7, 11) is 0. The zero-order valence-electron chi connectivity index (χ0n) is 10.9. The Labute approximate surface area is 109 Å². The van der Waals surface area contributed by atoms with Crippen molar-refractivity contribution in [3.8, 4) is 0 Å². The lowest BCUT2D eigenvalue weighted by Gasteiger charge is -2.30. The molecule has 0 aliphatic carbocycles. The van der Waals surface area contributed by atoms with Crippen molar-refractivity contribution in [2.45, 2.75) is 38.1 Å². The van der Waals surface area contributed by atoms with Gasteiger partial charge in [0.2, 0.25) is 0 Å². The van der Waals surface area contributed by atoms with Gasteiger partial charge in [0.25, 0.3) is 0 Å². The molecule has 1 fully saturated rings. The van der Waals surface area contributed by atoms with Gasteiger partial charge in [-0.05, 0) is 31.9 Å². The summed E-state index contributed by atoms with van der Waals surface area (Å²) in [6.07, 6.45) is 3.42. The van der Waals surface area contributed by atoms with Gasteiger partial charge in [0.05, 0.1) is 12.5 Å². The topological polar surface area (TPSA) is 38.3 Å². The molecule has 98 valence electrons. The third kappa shape index (κ3) is 3.10. The van der Waals surface area contributed by atoms with E-state index in [1.807, 2.05) is 37.3 Å². The SMILES string of the molecule is CCOC(=O)[C@H](c1ccccc1)[C@H]1CCCCN1. The summed E-state index contributed by atoms with van der Waals surface area (Å²) in [5.41, 5.74) is 1.05. The van der Waals surface area contributed by atoms with E-state index in [1.54, 1.807) is 0 Å². The molecule has 0 saturated carbocycles. The Morgan fingerprint density at radius 2 is 2.17 bits per heavy atom. The fourth-order valence-electron chi connectivity index (χ4n) is 2.59. The molecule has 0 unspecified atom stereocenters. The highest BCUT2D eigenvalue weighted by Gasteiger charge is 2.31. The van der Waals surface area contributed by atoms with Gasteiger partial charge in [0.1, 0.15) is 0 Å². The van der Waals surface area contributed by atoms with Gasteiger partial charge in [-0.25, -0.2) is 0 Å². The van der Waals surface area contributed by atoms with Gasteiger partial charge in [-0.15, -0.1) is 0 Å². The molecule has 0 bridgehead atoms. The van der Waals surface area contributed by atoms with Crippen LogP contribution in [0.3, 0.4) is 0 Å². The molecule has 3 heteroatoms. The normalized spacial score (nSPS) is 21.3. The lowest BCUT2D eigenvalue weighted by Crippen LogP contribution is -2.42. The van der Waals surface area contributed by atoms with E-state index in [-0.39, 0.29) is 17.9 Å². The first-order valence-corrected chi connectivity index (χ1v) is 6.78. The van der Waals surface area contributed by atoms with Crippen molar-refractivity contribution in [2.75, 3.05) is 13.2 Å². The van der Waals surface area contributed by atoms with Crippen LogP contribution in [0.25, 0.3) is 0 Å². The second-order valence-corrected chi connectivity index (χ2v) is 4.70. The van der Waals surface area contributed by atoms with E-state index in [4.69, 9.17) is 4.74 Å². The molecule has 0 amide bonds. The molecule has 1 aliphatic rings. The maximum atomic E-state index is 12.2. The van der Waals surface area contributed by atoms with Crippen molar-refractivity contribution in [3.63, 3.8) is 0 Å². The summed E-state index contributed by atoms with van der Waals surface area (Å²) in [6, 6.07) is 10.2. The number of nitrogens with one attached hydrogen (secondary N) is 1. The van der Waals surface area contributed by atoms with Crippen LogP contribution in [-0.4, -0.2) is 25.2 Å². The number of piperidine rings is 1. The largest absolute Gasteiger partial charge is 0.465 e. The number of carbonyl (C=O) groups excluding carboxylic acids is 1.